The van der Waals surface area contributed by atoms with E-state index in [1.807, 2.05) is 30.3 Å². The van der Waals surface area contributed by atoms with Gasteiger partial charge in [-0.05, 0) is 42.0 Å². The Hall–Kier alpha value is -2.64. The molecular weight excluding hydrogens is 480 g/mol. The summed E-state index contributed by atoms with van der Waals surface area (Å²) < 4.78 is 36.9. The maximum absolute atomic E-state index is 15.3. The van der Waals surface area contributed by atoms with E-state index in [0.717, 1.165) is 18.4 Å². The highest BCUT2D eigenvalue weighted by Gasteiger charge is 2.24. The van der Waals surface area contributed by atoms with Crippen LogP contribution in [0.3, 0.4) is 0 Å². The van der Waals surface area contributed by atoms with Gasteiger partial charge in [0.25, 0.3) is 5.56 Å². The van der Waals surface area contributed by atoms with Crippen LogP contribution in [-0.4, -0.2) is 23.6 Å². The van der Waals surface area contributed by atoms with Gasteiger partial charge in [-0.25, -0.2) is 8.78 Å². The minimum Gasteiger partial charge on any atom is -0.373 e. The van der Waals surface area contributed by atoms with Crippen LogP contribution in [0.1, 0.15) is 39.9 Å². The maximum atomic E-state index is 15.3. The van der Waals surface area contributed by atoms with E-state index >= 15 is 4.39 Å². The summed E-state index contributed by atoms with van der Waals surface area (Å²) in [4.78, 5) is 25.7. The molecule has 1 saturated carbocycles. The standard InChI is InChI=1S/C25H22BrF2NO3/c26-19-9-8-18(22(27)11-19)10-20-21(23(30)15-32-14-17-6-7-17)13-29(25(31)24(20)28)12-16-4-2-1-3-5-16/h1-5,8-9,11,13,17H,6-7,10,12,14-15H2. The fourth-order valence-corrected chi connectivity index (χ4v) is 3.85. The van der Waals surface area contributed by atoms with E-state index in [-0.39, 0.29) is 36.3 Å². The lowest BCUT2D eigenvalue weighted by Gasteiger charge is -2.15. The highest BCUT2D eigenvalue weighted by Crippen LogP contribution is 2.29. The van der Waals surface area contributed by atoms with Crippen molar-refractivity contribution >= 4 is 21.7 Å². The number of aromatic nitrogens is 1. The molecule has 1 aromatic heterocycles. The van der Waals surface area contributed by atoms with Crippen LogP contribution < -0.4 is 5.56 Å². The second-order valence-corrected chi connectivity index (χ2v) is 8.96. The van der Waals surface area contributed by atoms with Gasteiger partial charge in [0, 0.05) is 28.2 Å². The molecule has 0 amide bonds. The average molecular weight is 502 g/mol. The van der Waals surface area contributed by atoms with Gasteiger partial charge in [0.15, 0.2) is 11.6 Å². The second-order valence-electron chi connectivity index (χ2n) is 8.05. The zero-order valence-electron chi connectivity index (χ0n) is 17.3. The number of carbonyl (C=O) groups excluding carboxylic acids is 1. The third kappa shape index (κ3) is 5.40. The highest BCUT2D eigenvalue weighted by atomic mass is 79.9. The van der Waals surface area contributed by atoms with Crippen LogP contribution in [0.5, 0.6) is 0 Å². The third-order valence-electron chi connectivity index (χ3n) is 5.49. The van der Waals surface area contributed by atoms with Gasteiger partial charge in [0.2, 0.25) is 0 Å². The van der Waals surface area contributed by atoms with Crippen molar-refractivity contribution in [3.05, 3.63) is 103 Å². The summed E-state index contributed by atoms with van der Waals surface area (Å²) in [6.07, 6.45) is 3.32. The van der Waals surface area contributed by atoms with Crippen molar-refractivity contribution in [1.29, 1.82) is 0 Å². The summed E-state index contributed by atoms with van der Waals surface area (Å²) in [5.74, 6) is -1.55. The van der Waals surface area contributed by atoms with Crippen molar-refractivity contribution in [2.75, 3.05) is 13.2 Å². The highest BCUT2D eigenvalue weighted by molar-refractivity contribution is 9.10. The Kier molecular flexibility index (Phi) is 6.96. The molecule has 0 atom stereocenters. The van der Waals surface area contributed by atoms with Crippen molar-refractivity contribution in [2.45, 2.75) is 25.8 Å². The fraction of sp³-hybridized carbons (Fsp3) is 0.280. The summed E-state index contributed by atoms with van der Waals surface area (Å²) in [6, 6.07) is 13.5. The summed E-state index contributed by atoms with van der Waals surface area (Å²) in [5, 5.41) is 0. The molecule has 0 N–H and O–H groups in total. The first-order valence-corrected chi connectivity index (χ1v) is 11.2. The molecule has 1 aliphatic rings. The Morgan fingerprint density at radius 2 is 1.88 bits per heavy atom. The minimum absolute atomic E-state index is 0.0381. The second kappa shape index (κ2) is 9.88. The van der Waals surface area contributed by atoms with Crippen molar-refractivity contribution in [2.24, 2.45) is 5.92 Å². The van der Waals surface area contributed by atoms with Gasteiger partial charge >= 0.3 is 0 Å². The summed E-state index contributed by atoms with van der Waals surface area (Å²) in [6.45, 7) is 0.385. The number of hydrogen-bond donors (Lipinski definition) is 0. The van der Waals surface area contributed by atoms with Gasteiger partial charge in [-0.1, -0.05) is 52.3 Å². The van der Waals surface area contributed by atoms with Gasteiger partial charge in [0.05, 0.1) is 13.2 Å². The number of pyridine rings is 1. The molecule has 0 saturated heterocycles. The monoisotopic (exact) mass is 501 g/mol. The first-order valence-electron chi connectivity index (χ1n) is 10.4. The minimum atomic E-state index is -1.05. The number of carbonyl (C=O) groups is 1. The normalized spacial score (nSPS) is 13.3. The SMILES string of the molecule is O=C(COCC1CC1)c1cn(Cc2ccccc2)c(=O)c(F)c1Cc1ccc(Br)cc1F. The molecule has 2 aromatic carbocycles. The first-order chi connectivity index (χ1) is 15.4. The molecule has 3 aromatic rings. The molecule has 0 bridgehead atoms. The fourth-order valence-electron chi connectivity index (χ4n) is 3.51. The van der Waals surface area contributed by atoms with Gasteiger partial charge in [-0.15, -0.1) is 0 Å². The molecule has 0 unspecified atom stereocenters. The van der Waals surface area contributed by atoms with E-state index in [0.29, 0.717) is 17.0 Å². The summed E-state index contributed by atoms with van der Waals surface area (Å²) in [7, 11) is 0. The molecule has 0 radical (unpaired) electrons. The van der Waals surface area contributed by atoms with Crippen LogP contribution in [0.15, 0.2) is 64.0 Å². The van der Waals surface area contributed by atoms with Crippen LogP contribution in [0, 0.1) is 17.6 Å². The molecule has 1 fully saturated rings. The topological polar surface area (TPSA) is 48.3 Å². The molecule has 0 spiro atoms. The van der Waals surface area contributed by atoms with Crippen LogP contribution in [0.25, 0.3) is 0 Å². The number of ketones is 1. The number of benzene rings is 2. The Morgan fingerprint density at radius 3 is 2.56 bits per heavy atom. The Labute approximate surface area is 193 Å². The molecule has 1 aliphatic carbocycles. The molecule has 0 aliphatic heterocycles. The van der Waals surface area contributed by atoms with Crippen LogP contribution in [0.4, 0.5) is 8.78 Å². The van der Waals surface area contributed by atoms with Crippen LogP contribution >= 0.6 is 15.9 Å². The van der Waals surface area contributed by atoms with Crippen molar-refractivity contribution < 1.29 is 18.3 Å². The van der Waals surface area contributed by atoms with Crippen molar-refractivity contribution in [3.8, 4) is 0 Å². The van der Waals surface area contributed by atoms with Crippen molar-refractivity contribution in [1.82, 2.24) is 4.57 Å². The predicted octanol–water partition coefficient (Wildman–Crippen LogP) is 5.14. The van der Waals surface area contributed by atoms with Gasteiger partial charge < -0.3 is 9.30 Å². The van der Waals surface area contributed by atoms with E-state index in [9.17, 15) is 14.0 Å². The predicted molar refractivity (Wildman–Crippen MR) is 121 cm³/mol. The quantitative estimate of drug-likeness (QED) is 0.381. The van der Waals surface area contributed by atoms with Crippen LogP contribution in [-0.2, 0) is 17.7 Å². The number of halogens is 3. The Balaban J connectivity index is 1.70. The summed E-state index contributed by atoms with van der Waals surface area (Å²) >= 11 is 3.19. The van der Waals surface area contributed by atoms with Gasteiger partial charge in [0.1, 0.15) is 12.4 Å². The molecule has 7 heteroatoms. The number of ether oxygens (including phenoxy) is 1. The van der Waals surface area contributed by atoms with Crippen molar-refractivity contribution in [3.63, 3.8) is 0 Å². The third-order valence-corrected chi connectivity index (χ3v) is 5.98. The molecule has 4 rings (SSSR count). The molecule has 166 valence electrons. The van der Waals surface area contributed by atoms with E-state index in [4.69, 9.17) is 4.74 Å². The lowest BCUT2D eigenvalue weighted by atomic mass is 9.98. The van der Waals surface area contributed by atoms with Gasteiger partial charge in [-0.3, -0.25) is 9.59 Å². The first kappa shape index (κ1) is 22.6. The lowest BCUT2D eigenvalue weighted by Crippen LogP contribution is -2.28. The zero-order valence-corrected chi connectivity index (χ0v) is 18.9. The molecular formula is C25H22BrF2NO3. The van der Waals surface area contributed by atoms with Gasteiger partial charge in [-0.2, -0.15) is 0 Å². The van der Waals surface area contributed by atoms with E-state index in [2.05, 4.69) is 15.9 Å². The molecule has 32 heavy (non-hydrogen) atoms. The molecule has 1 heterocycles. The number of Topliss-reactive ketones (excluding diaryl/α,β-unsaturated/α-hetero) is 1. The Bertz CT molecular complexity index is 1190. The van der Waals surface area contributed by atoms with E-state index in [1.54, 1.807) is 6.07 Å². The summed E-state index contributed by atoms with van der Waals surface area (Å²) in [5.41, 5.74) is 0.0675. The van der Waals surface area contributed by atoms with Crippen LogP contribution in [0.2, 0.25) is 0 Å². The number of hydrogen-bond acceptors (Lipinski definition) is 3. The zero-order chi connectivity index (χ0) is 22.7. The van der Waals surface area contributed by atoms with E-state index < -0.39 is 23.0 Å². The smallest absolute Gasteiger partial charge is 0.287 e. The lowest BCUT2D eigenvalue weighted by molar-refractivity contribution is 0.0737. The maximum Gasteiger partial charge on any atom is 0.287 e. The number of nitrogens with zero attached hydrogens (tertiary/aromatic N) is 1. The number of rotatable bonds is 9. The molecule has 4 nitrogen and oxygen atoms in total. The average Bonchev–Trinajstić information content (AvgIpc) is 3.60. The Morgan fingerprint density at radius 1 is 1.12 bits per heavy atom. The van der Waals surface area contributed by atoms with E-state index in [1.165, 1.54) is 22.9 Å². The largest absolute Gasteiger partial charge is 0.373 e.